The van der Waals surface area contributed by atoms with Crippen molar-refractivity contribution in [2.45, 2.75) is 44.5 Å². The second-order valence-corrected chi connectivity index (χ2v) is 8.26. The van der Waals surface area contributed by atoms with E-state index >= 15 is 0 Å². The molecule has 1 heterocycles. The van der Waals surface area contributed by atoms with Crippen LogP contribution in [-0.2, 0) is 0 Å². The van der Waals surface area contributed by atoms with Crippen molar-refractivity contribution in [2.24, 2.45) is 4.99 Å². The minimum absolute atomic E-state index is 0. The molecule has 4 nitrogen and oxygen atoms in total. The van der Waals surface area contributed by atoms with Gasteiger partial charge in [0.1, 0.15) is 11.9 Å². The Labute approximate surface area is 174 Å². The molecule has 25 heavy (non-hydrogen) atoms. The molecule has 0 atom stereocenters. The van der Waals surface area contributed by atoms with Gasteiger partial charge in [0.05, 0.1) is 6.54 Å². The second-order valence-electron chi connectivity index (χ2n) is 6.75. The third kappa shape index (κ3) is 7.64. The molecule has 0 saturated carbocycles. The Kier molecular flexibility index (Phi) is 10.0. The summed E-state index contributed by atoms with van der Waals surface area (Å²) in [5, 5.41) is 3.44. The van der Waals surface area contributed by atoms with Gasteiger partial charge in [-0.1, -0.05) is 18.2 Å². The predicted molar refractivity (Wildman–Crippen MR) is 121 cm³/mol. The van der Waals surface area contributed by atoms with Gasteiger partial charge in [0.25, 0.3) is 0 Å². The number of nitrogens with zero attached hydrogens (tertiary/aromatic N) is 2. The van der Waals surface area contributed by atoms with Gasteiger partial charge in [-0.05, 0) is 39.2 Å². The number of guanidine groups is 1. The van der Waals surface area contributed by atoms with Crippen LogP contribution in [0.1, 0.15) is 33.6 Å². The van der Waals surface area contributed by atoms with Crippen LogP contribution in [0.15, 0.2) is 35.3 Å². The number of thioether (sulfide) groups is 1. The largest absolute Gasteiger partial charge is 0.490 e. The van der Waals surface area contributed by atoms with E-state index in [0.29, 0.717) is 6.10 Å². The standard InChI is InChI=1S/C19H31N3OS.HI/c1-5-20-18(21-15-19(2,3)24-4)22-13-11-17(12-14-22)23-16-9-7-6-8-10-16;/h6-10,17H,5,11-15H2,1-4H3,(H,20,21);1H. The Hall–Kier alpha value is -0.630. The number of hydrogen-bond acceptors (Lipinski definition) is 3. The predicted octanol–water partition coefficient (Wildman–Crippen LogP) is 4.25. The molecule has 0 unspecified atom stereocenters. The summed E-state index contributed by atoms with van der Waals surface area (Å²) in [5.41, 5.74) is 0. The van der Waals surface area contributed by atoms with Gasteiger partial charge >= 0.3 is 0 Å². The van der Waals surface area contributed by atoms with Crippen LogP contribution in [0.5, 0.6) is 5.75 Å². The molecule has 1 aromatic rings. The monoisotopic (exact) mass is 477 g/mol. The fourth-order valence-electron chi connectivity index (χ4n) is 2.63. The van der Waals surface area contributed by atoms with Crippen molar-refractivity contribution in [3.63, 3.8) is 0 Å². The van der Waals surface area contributed by atoms with E-state index in [9.17, 15) is 0 Å². The van der Waals surface area contributed by atoms with Crippen molar-refractivity contribution in [1.82, 2.24) is 10.2 Å². The molecule has 0 radical (unpaired) electrons. The van der Waals surface area contributed by atoms with Crippen LogP contribution in [-0.4, -0.2) is 54.1 Å². The van der Waals surface area contributed by atoms with Crippen LogP contribution in [0.2, 0.25) is 0 Å². The molecule has 0 amide bonds. The maximum atomic E-state index is 6.08. The van der Waals surface area contributed by atoms with Gasteiger partial charge < -0.3 is 15.0 Å². The average Bonchev–Trinajstić information content (AvgIpc) is 2.60. The number of likely N-dealkylation sites (tertiary alicyclic amines) is 1. The molecule has 1 fully saturated rings. The van der Waals surface area contributed by atoms with E-state index in [1.807, 2.05) is 42.1 Å². The minimum Gasteiger partial charge on any atom is -0.490 e. The van der Waals surface area contributed by atoms with Gasteiger partial charge in [0.15, 0.2) is 5.96 Å². The van der Waals surface area contributed by atoms with E-state index in [1.54, 1.807) is 0 Å². The van der Waals surface area contributed by atoms with E-state index in [-0.39, 0.29) is 28.7 Å². The van der Waals surface area contributed by atoms with Crippen molar-refractivity contribution >= 4 is 41.7 Å². The van der Waals surface area contributed by atoms with E-state index in [0.717, 1.165) is 50.7 Å². The molecule has 0 spiro atoms. The molecule has 0 aromatic heterocycles. The average molecular weight is 477 g/mol. The summed E-state index contributed by atoms with van der Waals surface area (Å²) in [6, 6.07) is 10.1. The van der Waals surface area contributed by atoms with Gasteiger partial charge in [-0.3, -0.25) is 4.99 Å². The first-order chi connectivity index (χ1) is 11.5. The normalized spacial score (nSPS) is 16.3. The lowest BCUT2D eigenvalue weighted by atomic mass is 10.1. The van der Waals surface area contributed by atoms with Gasteiger partial charge in [-0.2, -0.15) is 11.8 Å². The van der Waals surface area contributed by atoms with E-state index < -0.39 is 0 Å². The molecule has 1 aliphatic rings. The number of benzene rings is 1. The zero-order chi connectivity index (χ0) is 17.4. The summed E-state index contributed by atoms with van der Waals surface area (Å²) >= 11 is 1.86. The summed E-state index contributed by atoms with van der Waals surface area (Å²) in [7, 11) is 0. The van der Waals surface area contributed by atoms with Crippen molar-refractivity contribution < 1.29 is 4.74 Å². The minimum atomic E-state index is 0. The maximum Gasteiger partial charge on any atom is 0.193 e. The first-order valence-corrected chi connectivity index (χ1v) is 10.1. The van der Waals surface area contributed by atoms with Crippen LogP contribution in [0, 0.1) is 0 Å². The first kappa shape index (κ1) is 22.4. The fraction of sp³-hybridized carbons (Fsp3) is 0.632. The zero-order valence-corrected chi connectivity index (χ0v) is 19.0. The molecule has 1 aliphatic heterocycles. The highest BCUT2D eigenvalue weighted by molar-refractivity contribution is 14.0. The van der Waals surface area contributed by atoms with E-state index in [4.69, 9.17) is 9.73 Å². The van der Waals surface area contributed by atoms with Crippen molar-refractivity contribution in [2.75, 3.05) is 32.4 Å². The van der Waals surface area contributed by atoms with E-state index in [1.165, 1.54) is 0 Å². The molecule has 1 aromatic carbocycles. The second kappa shape index (κ2) is 11.2. The number of aliphatic imine (C=N–C) groups is 1. The summed E-state index contributed by atoms with van der Waals surface area (Å²) in [5.74, 6) is 2.01. The number of piperidine rings is 1. The lowest BCUT2D eigenvalue weighted by molar-refractivity contribution is 0.129. The summed E-state index contributed by atoms with van der Waals surface area (Å²) in [6.07, 6.45) is 4.51. The molecular formula is C19H32IN3OS. The molecule has 142 valence electrons. The van der Waals surface area contributed by atoms with Gasteiger partial charge in [0, 0.05) is 37.2 Å². The Bertz CT molecular complexity index is 517. The molecule has 1 saturated heterocycles. The smallest absolute Gasteiger partial charge is 0.193 e. The third-order valence-corrected chi connectivity index (χ3v) is 5.52. The van der Waals surface area contributed by atoms with Gasteiger partial charge in [-0.15, -0.1) is 24.0 Å². The fourth-order valence-corrected chi connectivity index (χ4v) is 2.83. The molecule has 6 heteroatoms. The Morgan fingerprint density at radius 1 is 1.28 bits per heavy atom. The molecule has 2 rings (SSSR count). The van der Waals surface area contributed by atoms with E-state index in [2.05, 4.69) is 37.2 Å². The van der Waals surface area contributed by atoms with Crippen LogP contribution < -0.4 is 10.1 Å². The third-order valence-electron chi connectivity index (χ3n) is 4.28. The topological polar surface area (TPSA) is 36.9 Å². The molecule has 1 N–H and O–H groups in total. The quantitative estimate of drug-likeness (QED) is 0.378. The highest BCUT2D eigenvalue weighted by atomic mass is 127. The van der Waals surface area contributed by atoms with Crippen LogP contribution >= 0.6 is 35.7 Å². The number of ether oxygens (including phenoxy) is 1. The lowest BCUT2D eigenvalue weighted by Crippen LogP contribution is -2.48. The van der Waals surface area contributed by atoms with Crippen LogP contribution in [0.4, 0.5) is 0 Å². The Morgan fingerprint density at radius 2 is 1.92 bits per heavy atom. The number of para-hydroxylation sites is 1. The number of nitrogens with one attached hydrogen (secondary N) is 1. The highest BCUT2D eigenvalue weighted by Gasteiger charge is 2.23. The number of halogens is 1. The highest BCUT2D eigenvalue weighted by Crippen LogP contribution is 2.22. The molecule has 0 aliphatic carbocycles. The Balaban J connectivity index is 0.00000312. The van der Waals surface area contributed by atoms with Gasteiger partial charge in [-0.25, -0.2) is 0 Å². The SMILES string of the molecule is CCNC(=NCC(C)(C)SC)N1CCC(Oc2ccccc2)CC1.I. The van der Waals surface area contributed by atoms with Crippen molar-refractivity contribution in [3.8, 4) is 5.75 Å². The van der Waals surface area contributed by atoms with Crippen molar-refractivity contribution in [3.05, 3.63) is 30.3 Å². The Morgan fingerprint density at radius 3 is 2.48 bits per heavy atom. The number of hydrogen-bond donors (Lipinski definition) is 1. The summed E-state index contributed by atoms with van der Waals surface area (Å²) in [6.45, 7) is 10.3. The van der Waals surface area contributed by atoms with Crippen LogP contribution in [0.3, 0.4) is 0 Å². The summed E-state index contributed by atoms with van der Waals surface area (Å²) < 4.78 is 6.26. The van der Waals surface area contributed by atoms with Crippen molar-refractivity contribution in [1.29, 1.82) is 0 Å². The molecular weight excluding hydrogens is 445 g/mol. The number of rotatable bonds is 6. The maximum absolute atomic E-state index is 6.08. The summed E-state index contributed by atoms with van der Waals surface area (Å²) in [4.78, 5) is 7.22. The molecule has 0 bridgehead atoms. The van der Waals surface area contributed by atoms with Gasteiger partial charge in [0.2, 0.25) is 0 Å². The zero-order valence-electron chi connectivity index (χ0n) is 15.8. The van der Waals surface area contributed by atoms with Crippen LogP contribution in [0.25, 0.3) is 0 Å². The first-order valence-electron chi connectivity index (χ1n) is 8.84. The lowest BCUT2D eigenvalue weighted by Gasteiger charge is -2.34.